The summed E-state index contributed by atoms with van der Waals surface area (Å²) in [6.45, 7) is 2.00. The van der Waals surface area contributed by atoms with Gasteiger partial charge in [0, 0.05) is 18.2 Å². The molecule has 0 aliphatic heterocycles. The molecular formula is C16H16ClN3OS. The van der Waals surface area contributed by atoms with Gasteiger partial charge in [-0.2, -0.15) is 0 Å². The Balaban J connectivity index is 1.90. The molecule has 1 aromatic carbocycles. The van der Waals surface area contributed by atoms with Crippen LogP contribution >= 0.6 is 23.4 Å². The van der Waals surface area contributed by atoms with Gasteiger partial charge in [-0.15, -0.1) is 0 Å². The van der Waals surface area contributed by atoms with E-state index in [9.17, 15) is 5.11 Å². The van der Waals surface area contributed by atoms with Crippen molar-refractivity contribution in [2.24, 2.45) is 7.05 Å². The van der Waals surface area contributed by atoms with Crippen molar-refractivity contribution in [1.29, 1.82) is 0 Å². The summed E-state index contributed by atoms with van der Waals surface area (Å²) in [6, 6.07) is 8.00. The van der Waals surface area contributed by atoms with E-state index in [1.54, 1.807) is 18.0 Å². The van der Waals surface area contributed by atoms with Crippen molar-refractivity contribution in [3.8, 4) is 0 Å². The molecule has 2 heterocycles. The molecule has 0 spiro atoms. The first kappa shape index (κ1) is 15.3. The van der Waals surface area contributed by atoms with Gasteiger partial charge in [0.15, 0.2) is 5.16 Å². The summed E-state index contributed by atoms with van der Waals surface area (Å²) in [5.74, 6) is 0.639. The highest BCUT2D eigenvalue weighted by Gasteiger charge is 2.12. The number of benzene rings is 1. The molecule has 0 radical (unpaired) electrons. The van der Waals surface area contributed by atoms with Gasteiger partial charge in [0.2, 0.25) is 0 Å². The van der Waals surface area contributed by atoms with E-state index in [0.29, 0.717) is 10.8 Å². The van der Waals surface area contributed by atoms with Gasteiger partial charge >= 0.3 is 0 Å². The highest BCUT2D eigenvalue weighted by Crippen LogP contribution is 2.31. The molecule has 22 heavy (non-hydrogen) atoms. The second-order valence-corrected chi connectivity index (χ2v) is 6.37. The molecule has 114 valence electrons. The van der Waals surface area contributed by atoms with Crippen LogP contribution in [0.2, 0.25) is 5.02 Å². The number of pyridine rings is 1. The van der Waals surface area contributed by atoms with E-state index >= 15 is 0 Å². The molecule has 0 bridgehead atoms. The molecule has 4 nitrogen and oxygen atoms in total. The molecule has 0 amide bonds. The predicted octanol–water partition coefficient (Wildman–Crippen LogP) is 3.71. The number of aryl methyl sites for hydroxylation is 1. The molecule has 0 saturated carbocycles. The summed E-state index contributed by atoms with van der Waals surface area (Å²) in [5, 5.41) is 11.8. The fourth-order valence-corrected chi connectivity index (χ4v) is 3.56. The SMILES string of the molecule is Cc1c(Cl)c(CSc2ncc(CO)n2C)nc2ccccc12. The lowest BCUT2D eigenvalue weighted by atomic mass is 10.1. The van der Waals surface area contributed by atoms with Crippen molar-refractivity contribution >= 4 is 34.3 Å². The smallest absolute Gasteiger partial charge is 0.168 e. The Morgan fingerprint density at radius 3 is 2.82 bits per heavy atom. The second kappa shape index (κ2) is 6.28. The lowest BCUT2D eigenvalue weighted by Gasteiger charge is -2.10. The molecule has 0 aliphatic carbocycles. The number of nitrogens with zero attached hydrogens (tertiary/aromatic N) is 3. The lowest BCUT2D eigenvalue weighted by molar-refractivity contribution is 0.271. The lowest BCUT2D eigenvalue weighted by Crippen LogP contribution is -1.99. The van der Waals surface area contributed by atoms with Gasteiger partial charge in [0.05, 0.1) is 34.7 Å². The van der Waals surface area contributed by atoms with Crippen molar-refractivity contribution < 1.29 is 5.11 Å². The molecular weight excluding hydrogens is 318 g/mol. The number of imidazole rings is 1. The van der Waals surface area contributed by atoms with E-state index in [-0.39, 0.29) is 6.61 Å². The van der Waals surface area contributed by atoms with Gasteiger partial charge in [-0.3, -0.25) is 4.98 Å². The maximum absolute atomic E-state index is 9.21. The summed E-state index contributed by atoms with van der Waals surface area (Å²) in [4.78, 5) is 8.98. The van der Waals surface area contributed by atoms with E-state index in [1.807, 2.05) is 42.8 Å². The Labute approximate surface area is 138 Å². The van der Waals surface area contributed by atoms with E-state index in [2.05, 4.69) is 9.97 Å². The van der Waals surface area contributed by atoms with Crippen LogP contribution in [0.15, 0.2) is 35.6 Å². The first-order valence-electron chi connectivity index (χ1n) is 6.89. The Morgan fingerprint density at radius 2 is 2.09 bits per heavy atom. The van der Waals surface area contributed by atoms with E-state index < -0.39 is 0 Å². The maximum Gasteiger partial charge on any atom is 0.168 e. The van der Waals surface area contributed by atoms with Gasteiger partial charge in [-0.05, 0) is 18.6 Å². The molecule has 1 N–H and O–H groups in total. The van der Waals surface area contributed by atoms with Crippen LogP contribution in [0.25, 0.3) is 10.9 Å². The number of hydrogen-bond donors (Lipinski definition) is 1. The van der Waals surface area contributed by atoms with E-state index in [1.165, 1.54) is 0 Å². The zero-order chi connectivity index (χ0) is 15.7. The van der Waals surface area contributed by atoms with Crippen LogP contribution in [0.3, 0.4) is 0 Å². The Morgan fingerprint density at radius 1 is 1.32 bits per heavy atom. The zero-order valence-electron chi connectivity index (χ0n) is 12.4. The molecule has 0 unspecified atom stereocenters. The van der Waals surface area contributed by atoms with Crippen molar-refractivity contribution in [3.05, 3.63) is 52.4 Å². The van der Waals surface area contributed by atoms with Crippen molar-refractivity contribution in [2.45, 2.75) is 24.4 Å². The van der Waals surface area contributed by atoms with Gasteiger partial charge in [-0.1, -0.05) is 41.6 Å². The molecule has 3 aromatic rings. The number of hydrogen-bond acceptors (Lipinski definition) is 4. The van der Waals surface area contributed by atoms with Gasteiger partial charge in [0.1, 0.15) is 0 Å². The minimum absolute atomic E-state index is 0.0157. The number of aromatic nitrogens is 3. The normalized spacial score (nSPS) is 11.3. The number of thioether (sulfide) groups is 1. The molecule has 3 rings (SSSR count). The minimum atomic E-state index is -0.0157. The standard InChI is InChI=1S/C16H16ClN3OS/c1-10-12-5-3-4-6-13(12)19-14(15(10)17)9-22-16-18-7-11(8-21)20(16)2/h3-7,21H,8-9H2,1-2H3. The Bertz CT molecular complexity index is 832. The van der Waals surface area contributed by atoms with Crippen LogP contribution in [0.1, 0.15) is 17.0 Å². The minimum Gasteiger partial charge on any atom is -0.390 e. The maximum atomic E-state index is 9.21. The number of fused-ring (bicyclic) bond motifs is 1. The third-order valence-corrected chi connectivity index (χ3v) is 5.24. The average Bonchev–Trinajstić information content (AvgIpc) is 2.89. The first-order chi connectivity index (χ1) is 10.6. The molecule has 0 fully saturated rings. The number of rotatable bonds is 4. The fourth-order valence-electron chi connectivity index (χ4n) is 2.35. The monoisotopic (exact) mass is 333 g/mol. The molecule has 2 aromatic heterocycles. The van der Waals surface area contributed by atoms with E-state index in [4.69, 9.17) is 11.6 Å². The number of para-hydroxylation sites is 1. The third kappa shape index (κ3) is 2.72. The summed E-state index contributed by atoms with van der Waals surface area (Å²) in [7, 11) is 1.89. The van der Waals surface area contributed by atoms with Crippen molar-refractivity contribution in [1.82, 2.24) is 14.5 Å². The van der Waals surface area contributed by atoms with Crippen LogP contribution in [0.4, 0.5) is 0 Å². The molecule has 0 atom stereocenters. The second-order valence-electron chi connectivity index (χ2n) is 5.05. The quantitative estimate of drug-likeness (QED) is 0.739. The van der Waals surface area contributed by atoms with Crippen LogP contribution in [-0.4, -0.2) is 19.6 Å². The van der Waals surface area contributed by atoms with Gasteiger partial charge in [-0.25, -0.2) is 4.98 Å². The number of aliphatic hydroxyl groups excluding tert-OH is 1. The zero-order valence-corrected chi connectivity index (χ0v) is 13.9. The highest BCUT2D eigenvalue weighted by molar-refractivity contribution is 7.98. The van der Waals surface area contributed by atoms with Crippen molar-refractivity contribution in [2.75, 3.05) is 0 Å². The summed E-state index contributed by atoms with van der Waals surface area (Å²) in [5.41, 5.74) is 3.65. The van der Waals surface area contributed by atoms with Gasteiger partial charge < -0.3 is 9.67 Å². The van der Waals surface area contributed by atoms with Crippen LogP contribution in [0.5, 0.6) is 0 Å². The Hall–Kier alpha value is -1.56. The van der Waals surface area contributed by atoms with Gasteiger partial charge in [0.25, 0.3) is 0 Å². The largest absolute Gasteiger partial charge is 0.390 e. The van der Waals surface area contributed by atoms with Crippen molar-refractivity contribution in [3.63, 3.8) is 0 Å². The van der Waals surface area contributed by atoms with Crippen LogP contribution in [-0.2, 0) is 19.4 Å². The molecule has 6 heteroatoms. The average molecular weight is 334 g/mol. The van der Waals surface area contributed by atoms with E-state index in [0.717, 1.165) is 33.0 Å². The summed E-state index contributed by atoms with van der Waals surface area (Å²) >= 11 is 8.03. The summed E-state index contributed by atoms with van der Waals surface area (Å²) < 4.78 is 1.88. The first-order valence-corrected chi connectivity index (χ1v) is 8.26. The molecule has 0 saturated heterocycles. The predicted molar refractivity (Wildman–Crippen MR) is 90.2 cm³/mol. The Kier molecular flexibility index (Phi) is 4.38. The number of aliphatic hydroxyl groups is 1. The third-order valence-electron chi connectivity index (χ3n) is 3.69. The topological polar surface area (TPSA) is 50.9 Å². The number of halogens is 1. The highest BCUT2D eigenvalue weighted by atomic mass is 35.5. The fraction of sp³-hybridized carbons (Fsp3) is 0.250. The summed E-state index contributed by atoms with van der Waals surface area (Å²) in [6.07, 6.45) is 1.68. The molecule has 0 aliphatic rings. The van der Waals surface area contributed by atoms with Crippen LogP contribution < -0.4 is 0 Å². The van der Waals surface area contributed by atoms with Crippen LogP contribution in [0, 0.1) is 6.92 Å².